The molecule has 3 heteroatoms. The van der Waals surface area contributed by atoms with E-state index in [1.807, 2.05) is 0 Å². The van der Waals surface area contributed by atoms with Crippen LogP contribution in [0.3, 0.4) is 0 Å². The highest BCUT2D eigenvalue weighted by Gasteiger charge is 2.16. The number of hydrogen-bond donors (Lipinski definition) is 1. The van der Waals surface area contributed by atoms with Crippen molar-refractivity contribution in [2.75, 3.05) is 6.54 Å². The van der Waals surface area contributed by atoms with Crippen molar-refractivity contribution in [1.29, 1.82) is 0 Å². The molecule has 0 unspecified atom stereocenters. The van der Waals surface area contributed by atoms with Crippen LogP contribution in [0.2, 0.25) is 5.02 Å². The molecule has 1 aromatic carbocycles. The smallest absolute Gasteiger partial charge is 0.129 e. The molecule has 0 heterocycles. The Labute approximate surface area is 94.6 Å². The quantitative estimate of drug-likeness (QED) is 0.832. The van der Waals surface area contributed by atoms with Crippen molar-refractivity contribution in [2.45, 2.75) is 25.8 Å². The molecule has 1 aliphatic carbocycles. The number of rotatable bonds is 4. The van der Waals surface area contributed by atoms with Gasteiger partial charge in [-0.3, -0.25) is 0 Å². The van der Waals surface area contributed by atoms with Crippen molar-refractivity contribution in [3.8, 4) is 0 Å². The molecular weight excluding hydrogens is 213 g/mol. The summed E-state index contributed by atoms with van der Waals surface area (Å²) in [6, 6.07) is 4.81. The Morgan fingerprint density at radius 1 is 1.40 bits per heavy atom. The summed E-state index contributed by atoms with van der Waals surface area (Å²) in [7, 11) is 0. The maximum atomic E-state index is 13.3. The normalized spacial score (nSPS) is 16.4. The van der Waals surface area contributed by atoms with E-state index in [0.29, 0.717) is 17.1 Å². The second-order valence-corrected chi connectivity index (χ2v) is 4.54. The van der Waals surface area contributed by atoms with Gasteiger partial charge in [-0.15, -0.1) is 0 Å². The van der Waals surface area contributed by atoms with Crippen LogP contribution >= 0.6 is 11.6 Å². The molecule has 1 nitrogen and oxygen atoms in total. The highest BCUT2D eigenvalue weighted by molar-refractivity contribution is 6.31. The van der Waals surface area contributed by atoms with E-state index in [1.54, 1.807) is 12.1 Å². The average Bonchev–Trinajstić information content (AvgIpc) is 2.13. The summed E-state index contributed by atoms with van der Waals surface area (Å²) in [5.41, 5.74) is 0.582. The van der Waals surface area contributed by atoms with Crippen LogP contribution < -0.4 is 5.32 Å². The molecule has 1 aliphatic rings. The summed E-state index contributed by atoms with van der Waals surface area (Å²) in [4.78, 5) is 0. The molecule has 2 rings (SSSR count). The van der Waals surface area contributed by atoms with Gasteiger partial charge < -0.3 is 5.32 Å². The van der Waals surface area contributed by atoms with Crippen molar-refractivity contribution in [1.82, 2.24) is 5.32 Å². The highest BCUT2D eigenvalue weighted by Crippen LogP contribution is 2.25. The molecule has 15 heavy (non-hydrogen) atoms. The zero-order valence-corrected chi connectivity index (χ0v) is 9.36. The number of benzene rings is 1. The lowest BCUT2D eigenvalue weighted by atomic mass is 9.85. The first-order valence-corrected chi connectivity index (χ1v) is 5.79. The predicted octanol–water partition coefficient (Wildman–Crippen LogP) is 3.37. The third-order valence-electron chi connectivity index (χ3n) is 3.02. The van der Waals surface area contributed by atoms with Gasteiger partial charge in [0.05, 0.1) is 0 Å². The van der Waals surface area contributed by atoms with Crippen LogP contribution in [-0.2, 0) is 6.54 Å². The van der Waals surface area contributed by atoms with Gasteiger partial charge in [0.2, 0.25) is 0 Å². The molecule has 1 N–H and O–H groups in total. The fraction of sp³-hybridized carbons (Fsp3) is 0.500. The fourth-order valence-corrected chi connectivity index (χ4v) is 2.03. The van der Waals surface area contributed by atoms with Gasteiger partial charge in [-0.1, -0.05) is 24.1 Å². The van der Waals surface area contributed by atoms with Crippen molar-refractivity contribution >= 4 is 11.6 Å². The first-order chi connectivity index (χ1) is 7.27. The van der Waals surface area contributed by atoms with Crippen LogP contribution in [-0.4, -0.2) is 6.54 Å². The maximum Gasteiger partial charge on any atom is 0.129 e. The number of halogens is 2. The molecule has 0 radical (unpaired) electrons. The van der Waals surface area contributed by atoms with Crippen LogP contribution in [0.4, 0.5) is 4.39 Å². The molecule has 1 saturated carbocycles. The maximum absolute atomic E-state index is 13.3. The third kappa shape index (κ3) is 2.70. The Bertz CT molecular complexity index is 316. The number of hydrogen-bond acceptors (Lipinski definition) is 1. The number of nitrogens with one attached hydrogen (secondary N) is 1. The predicted molar refractivity (Wildman–Crippen MR) is 60.5 cm³/mol. The molecule has 0 spiro atoms. The van der Waals surface area contributed by atoms with Crippen molar-refractivity contribution < 1.29 is 4.39 Å². The van der Waals surface area contributed by atoms with Crippen molar-refractivity contribution in [3.05, 3.63) is 34.6 Å². The van der Waals surface area contributed by atoms with E-state index in [2.05, 4.69) is 5.32 Å². The summed E-state index contributed by atoms with van der Waals surface area (Å²) >= 11 is 5.91. The van der Waals surface area contributed by atoms with E-state index in [-0.39, 0.29) is 5.82 Å². The van der Waals surface area contributed by atoms with E-state index in [4.69, 9.17) is 11.6 Å². The van der Waals surface area contributed by atoms with Gasteiger partial charge in [-0.05, 0) is 37.4 Å². The van der Waals surface area contributed by atoms with Crippen LogP contribution in [0.5, 0.6) is 0 Å². The first-order valence-electron chi connectivity index (χ1n) is 5.41. The Kier molecular flexibility index (Phi) is 3.60. The SMILES string of the molecule is Fc1cccc(Cl)c1CNCC1CCC1. The van der Waals surface area contributed by atoms with E-state index in [1.165, 1.54) is 25.3 Å². The average molecular weight is 228 g/mol. The van der Waals surface area contributed by atoms with Gasteiger partial charge in [-0.25, -0.2) is 4.39 Å². The second kappa shape index (κ2) is 4.95. The zero-order chi connectivity index (χ0) is 10.7. The van der Waals surface area contributed by atoms with Gasteiger partial charge in [0, 0.05) is 17.1 Å². The molecule has 0 atom stereocenters. The lowest BCUT2D eigenvalue weighted by molar-refractivity contribution is 0.301. The largest absolute Gasteiger partial charge is 0.312 e. The lowest BCUT2D eigenvalue weighted by Crippen LogP contribution is -2.27. The molecule has 0 bridgehead atoms. The van der Waals surface area contributed by atoms with Crippen LogP contribution in [0, 0.1) is 11.7 Å². The molecule has 0 aliphatic heterocycles. The molecule has 1 aromatic rings. The molecule has 0 aromatic heterocycles. The Morgan fingerprint density at radius 2 is 2.20 bits per heavy atom. The monoisotopic (exact) mass is 227 g/mol. The molecule has 0 amide bonds. The van der Waals surface area contributed by atoms with E-state index in [0.717, 1.165) is 12.5 Å². The summed E-state index contributed by atoms with van der Waals surface area (Å²) < 4.78 is 13.3. The van der Waals surface area contributed by atoms with Gasteiger partial charge in [0.1, 0.15) is 5.82 Å². The van der Waals surface area contributed by atoms with Gasteiger partial charge in [0.25, 0.3) is 0 Å². The summed E-state index contributed by atoms with van der Waals surface area (Å²) in [5, 5.41) is 3.77. The highest BCUT2D eigenvalue weighted by atomic mass is 35.5. The Balaban J connectivity index is 1.86. The second-order valence-electron chi connectivity index (χ2n) is 4.13. The van der Waals surface area contributed by atoms with E-state index >= 15 is 0 Å². The molecule has 0 saturated heterocycles. The zero-order valence-electron chi connectivity index (χ0n) is 8.60. The minimum absolute atomic E-state index is 0.219. The van der Waals surface area contributed by atoms with Crippen molar-refractivity contribution in [2.24, 2.45) is 5.92 Å². The minimum Gasteiger partial charge on any atom is -0.312 e. The molecule has 82 valence electrons. The van der Waals surface area contributed by atoms with Gasteiger partial charge in [0.15, 0.2) is 0 Å². The van der Waals surface area contributed by atoms with Crippen LogP contribution in [0.25, 0.3) is 0 Å². The van der Waals surface area contributed by atoms with Gasteiger partial charge >= 0.3 is 0 Å². The van der Waals surface area contributed by atoms with Crippen molar-refractivity contribution in [3.63, 3.8) is 0 Å². The summed E-state index contributed by atoms with van der Waals surface area (Å²) in [6.45, 7) is 1.51. The lowest BCUT2D eigenvalue weighted by Gasteiger charge is -2.25. The Hall–Kier alpha value is -0.600. The topological polar surface area (TPSA) is 12.0 Å². The molecule has 1 fully saturated rings. The Morgan fingerprint density at radius 3 is 2.80 bits per heavy atom. The molecular formula is C12H15ClFN. The minimum atomic E-state index is -0.219. The van der Waals surface area contributed by atoms with E-state index in [9.17, 15) is 4.39 Å². The van der Waals surface area contributed by atoms with Crippen LogP contribution in [0.15, 0.2) is 18.2 Å². The van der Waals surface area contributed by atoms with Crippen LogP contribution in [0.1, 0.15) is 24.8 Å². The first kappa shape index (κ1) is 10.9. The third-order valence-corrected chi connectivity index (χ3v) is 3.38. The van der Waals surface area contributed by atoms with E-state index < -0.39 is 0 Å². The van der Waals surface area contributed by atoms with Gasteiger partial charge in [-0.2, -0.15) is 0 Å². The fourth-order valence-electron chi connectivity index (χ4n) is 1.80. The summed E-state index contributed by atoms with van der Waals surface area (Å²) in [5.74, 6) is 0.569. The standard InChI is InChI=1S/C12H15ClFN/c13-11-5-2-6-12(14)10(11)8-15-7-9-3-1-4-9/h2,5-6,9,15H,1,3-4,7-8H2. The summed E-state index contributed by atoms with van der Waals surface area (Å²) in [6.07, 6.45) is 3.95.